The van der Waals surface area contributed by atoms with Crippen molar-refractivity contribution in [2.75, 3.05) is 23.4 Å². The molecule has 2 aromatic rings. The van der Waals surface area contributed by atoms with Crippen molar-refractivity contribution < 1.29 is 14.3 Å². The van der Waals surface area contributed by atoms with Crippen LogP contribution in [0.1, 0.15) is 43.6 Å². The van der Waals surface area contributed by atoms with Crippen LogP contribution >= 0.6 is 0 Å². The van der Waals surface area contributed by atoms with Crippen molar-refractivity contribution in [3.05, 3.63) is 53.6 Å². The monoisotopic (exact) mass is 366 g/mol. The van der Waals surface area contributed by atoms with Crippen LogP contribution < -0.4 is 15.0 Å². The lowest BCUT2D eigenvalue weighted by Gasteiger charge is -2.26. The molecule has 0 atom stereocenters. The van der Waals surface area contributed by atoms with Crippen LogP contribution in [-0.2, 0) is 11.2 Å². The second-order valence-corrected chi connectivity index (χ2v) is 7.71. The largest absolute Gasteiger partial charge is 0.494 e. The van der Waals surface area contributed by atoms with E-state index in [9.17, 15) is 9.59 Å². The van der Waals surface area contributed by atoms with Gasteiger partial charge in [-0.05, 0) is 61.4 Å². The molecule has 1 heterocycles. The molecule has 0 unspecified atom stereocenters. The van der Waals surface area contributed by atoms with Crippen LogP contribution in [0.5, 0.6) is 5.75 Å². The van der Waals surface area contributed by atoms with E-state index in [1.165, 1.54) is 0 Å². The van der Waals surface area contributed by atoms with Gasteiger partial charge in [0.15, 0.2) is 0 Å². The molecule has 0 radical (unpaired) electrons. The van der Waals surface area contributed by atoms with Gasteiger partial charge in [0.1, 0.15) is 5.75 Å². The fourth-order valence-electron chi connectivity index (χ4n) is 3.17. The topological polar surface area (TPSA) is 58.6 Å². The molecule has 0 aromatic heterocycles. The van der Waals surface area contributed by atoms with Crippen LogP contribution in [0.15, 0.2) is 42.5 Å². The van der Waals surface area contributed by atoms with Crippen molar-refractivity contribution in [1.29, 1.82) is 0 Å². The fourth-order valence-corrected chi connectivity index (χ4v) is 3.17. The van der Waals surface area contributed by atoms with Gasteiger partial charge in [0.05, 0.1) is 6.61 Å². The molecule has 3 rings (SSSR count). The normalized spacial score (nSPS) is 13.3. The van der Waals surface area contributed by atoms with Crippen molar-refractivity contribution in [2.24, 2.45) is 5.41 Å². The quantitative estimate of drug-likeness (QED) is 0.879. The zero-order chi connectivity index (χ0) is 19.6. The summed E-state index contributed by atoms with van der Waals surface area (Å²) in [5.74, 6) is 0.696. The Morgan fingerprint density at radius 2 is 1.81 bits per heavy atom. The van der Waals surface area contributed by atoms with E-state index < -0.39 is 5.41 Å². The van der Waals surface area contributed by atoms with Crippen LogP contribution in [0.4, 0.5) is 11.4 Å². The van der Waals surface area contributed by atoms with Crippen LogP contribution in [0.25, 0.3) is 0 Å². The minimum atomic E-state index is -0.415. The second-order valence-electron chi connectivity index (χ2n) is 7.71. The Kier molecular flexibility index (Phi) is 5.22. The summed E-state index contributed by atoms with van der Waals surface area (Å²) < 4.78 is 5.40. The molecule has 0 bridgehead atoms. The van der Waals surface area contributed by atoms with Gasteiger partial charge in [-0.1, -0.05) is 20.8 Å². The molecule has 0 fully saturated rings. The molecule has 0 saturated carbocycles. The number of carbonyl (C=O) groups excluding carboxylic acids is 2. The number of nitrogens with one attached hydrogen (secondary N) is 1. The summed E-state index contributed by atoms with van der Waals surface area (Å²) in [6, 6.07) is 12.8. The van der Waals surface area contributed by atoms with Gasteiger partial charge in [-0.25, -0.2) is 0 Å². The van der Waals surface area contributed by atoms with E-state index in [1.54, 1.807) is 24.3 Å². The Morgan fingerprint density at radius 3 is 2.44 bits per heavy atom. The molecule has 0 saturated heterocycles. The lowest BCUT2D eigenvalue weighted by Crippen LogP contribution is -2.38. The Morgan fingerprint density at radius 1 is 1.11 bits per heavy atom. The number of hydrogen-bond donors (Lipinski definition) is 1. The maximum Gasteiger partial charge on any atom is 0.255 e. The predicted molar refractivity (Wildman–Crippen MR) is 108 cm³/mol. The summed E-state index contributed by atoms with van der Waals surface area (Å²) in [6.07, 6.45) is 0.796. The highest BCUT2D eigenvalue weighted by Gasteiger charge is 2.32. The molecule has 142 valence electrons. The third-order valence-electron chi connectivity index (χ3n) is 4.55. The van der Waals surface area contributed by atoms with Crippen LogP contribution in [0, 0.1) is 5.41 Å². The zero-order valence-electron chi connectivity index (χ0n) is 16.3. The van der Waals surface area contributed by atoms with Crippen molar-refractivity contribution in [3.63, 3.8) is 0 Å². The van der Waals surface area contributed by atoms with E-state index >= 15 is 0 Å². The predicted octanol–water partition coefficient (Wildman–Crippen LogP) is 4.27. The summed E-state index contributed by atoms with van der Waals surface area (Å²) in [6.45, 7) is 8.98. The zero-order valence-corrected chi connectivity index (χ0v) is 16.3. The van der Waals surface area contributed by atoms with Crippen molar-refractivity contribution in [2.45, 2.75) is 34.1 Å². The maximum atomic E-state index is 12.6. The van der Waals surface area contributed by atoms with Gasteiger partial charge in [-0.2, -0.15) is 0 Å². The average Bonchev–Trinajstić information content (AvgIpc) is 3.04. The average molecular weight is 366 g/mol. The van der Waals surface area contributed by atoms with Crippen molar-refractivity contribution in [1.82, 2.24) is 0 Å². The van der Waals surface area contributed by atoms with E-state index in [0.29, 0.717) is 18.7 Å². The number of ether oxygens (including phenoxy) is 1. The molecule has 2 aromatic carbocycles. The fraction of sp³-hybridized carbons (Fsp3) is 0.364. The van der Waals surface area contributed by atoms with Crippen molar-refractivity contribution >= 4 is 23.2 Å². The molecule has 2 amide bonds. The van der Waals surface area contributed by atoms with E-state index in [0.717, 1.165) is 29.1 Å². The lowest BCUT2D eigenvalue weighted by molar-refractivity contribution is -0.125. The first-order valence-corrected chi connectivity index (χ1v) is 9.28. The molecular weight excluding hydrogens is 340 g/mol. The molecule has 0 spiro atoms. The number of fused-ring (bicyclic) bond motifs is 1. The number of rotatable bonds is 4. The van der Waals surface area contributed by atoms with Crippen LogP contribution in [-0.4, -0.2) is 25.0 Å². The molecule has 5 nitrogen and oxygen atoms in total. The molecular formula is C22H26N2O3. The standard InChI is InChI=1S/C22H26N2O3/c1-5-27-18-9-6-15(7-10-18)20(25)23-17-8-11-19-16(14-17)12-13-24(19)21(26)22(2,3)4/h6-11,14H,5,12-13H2,1-4H3,(H,23,25). The Hall–Kier alpha value is -2.82. The third-order valence-corrected chi connectivity index (χ3v) is 4.55. The SMILES string of the molecule is CCOc1ccc(C(=O)Nc2ccc3c(c2)CCN3C(=O)C(C)(C)C)cc1. The Bertz CT molecular complexity index is 851. The summed E-state index contributed by atoms with van der Waals surface area (Å²) in [5, 5.41) is 2.93. The number of carbonyl (C=O) groups is 2. The van der Waals surface area contributed by atoms with Gasteiger partial charge in [-0.3, -0.25) is 9.59 Å². The van der Waals surface area contributed by atoms with Gasteiger partial charge in [0.25, 0.3) is 5.91 Å². The Balaban J connectivity index is 1.72. The molecule has 1 aliphatic rings. The van der Waals surface area contributed by atoms with E-state index in [-0.39, 0.29) is 11.8 Å². The van der Waals surface area contributed by atoms with Gasteiger partial charge in [-0.15, -0.1) is 0 Å². The number of amides is 2. The second kappa shape index (κ2) is 7.43. The number of nitrogens with zero attached hydrogens (tertiary/aromatic N) is 1. The third kappa shape index (κ3) is 4.13. The van der Waals surface area contributed by atoms with Crippen LogP contribution in [0.2, 0.25) is 0 Å². The molecule has 5 heteroatoms. The molecule has 1 N–H and O–H groups in total. The molecule has 0 aliphatic carbocycles. The summed E-state index contributed by atoms with van der Waals surface area (Å²) in [7, 11) is 0. The van der Waals surface area contributed by atoms with E-state index in [4.69, 9.17) is 4.74 Å². The number of hydrogen-bond acceptors (Lipinski definition) is 3. The maximum absolute atomic E-state index is 12.6. The van der Waals surface area contributed by atoms with Gasteiger partial charge in [0.2, 0.25) is 5.91 Å². The molecule has 1 aliphatic heterocycles. The summed E-state index contributed by atoms with van der Waals surface area (Å²) >= 11 is 0. The lowest BCUT2D eigenvalue weighted by atomic mass is 9.94. The van der Waals surface area contributed by atoms with E-state index in [2.05, 4.69) is 5.32 Å². The van der Waals surface area contributed by atoms with Gasteiger partial charge >= 0.3 is 0 Å². The Labute approximate surface area is 160 Å². The first-order chi connectivity index (χ1) is 12.8. The first kappa shape index (κ1) is 19.0. The smallest absolute Gasteiger partial charge is 0.255 e. The minimum Gasteiger partial charge on any atom is -0.494 e. The highest BCUT2D eigenvalue weighted by molar-refractivity contribution is 6.05. The van der Waals surface area contributed by atoms with Crippen LogP contribution in [0.3, 0.4) is 0 Å². The molecule has 27 heavy (non-hydrogen) atoms. The van der Waals surface area contributed by atoms with Gasteiger partial charge in [0, 0.05) is 28.9 Å². The summed E-state index contributed by atoms with van der Waals surface area (Å²) in [5.41, 5.74) is 2.91. The van der Waals surface area contributed by atoms with Gasteiger partial charge < -0.3 is 15.0 Å². The summed E-state index contributed by atoms with van der Waals surface area (Å²) in [4.78, 5) is 26.9. The van der Waals surface area contributed by atoms with Crippen molar-refractivity contribution in [3.8, 4) is 5.75 Å². The van der Waals surface area contributed by atoms with E-state index in [1.807, 2.05) is 50.8 Å². The first-order valence-electron chi connectivity index (χ1n) is 9.28. The number of anilines is 2. The minimum absolute atomic E-state index is 0.118. The highest BCUT2D eigenvalue weighted by Crippen LogP contribution is 2.33. The number of benzene rings is 2. The highest BCUT2D eigenvalue weighted by atomic mass is 16.5.